The number of benzene rings is 1. The first-order chi connectivity index (χ1) is 18.8. The number of primary amides is 1. The molecule has 208 valence electrons. The summed E-state index contributed by atoms with van der Waals surface area (Å²) in [6.07, 6.45) is 3.36. The smallest absolute Gasteiger partial charge is 0.249 e. The van der Waals surface area contributed by atoms with Gasteiger partial charge in [-0.3, -0.25) is 9.69 Å². The van der Waals surface area contributed by atoms with Gasteiger partial charge in [0.2, 0.25) is 5.91 Å². The Bertz CT molecular complexity index is 1300. The molecule has 0 aliphatic carbocycles. The van der Waals surface area contributed by atoms with E-state index < -0.39 is 12.0 Å². The monoisotopic (exact) mass is 534 g/mol. The zero-order valence-electron chi connectivity index (χ0n) is 22.9. The predicted molar refractivity (Wildman–Crippen MR) is 148 cm³/mol. The summed E-state index contributed by atoms with van der Waals surface area (Å²) >= 11 is 0. The highest BCUT2D eigenvalue weighted by Crippen LogP contribution is 2.26. The van der Waals surface area contributed by atoms with E-state index >= 15 is 0 Å². The molecule has 1 saturated heterocycles. The van der Waals surface area contributed by atoms with Gasteiger partial charge in [-0.05, 0) is 62.1 Å². The number of ether oxygens (including phenoxy) is 1. The predicted octanol–water partition coefficient (Wildman–Crippen LogP) is 2.20. The molecule has 1 amide bonds. The number of rotatable bonds is 9. The lowest BCUT2D eigenvalue weighted by Crippen LogP contribution is -2.49. The molecule has 2 aromatic heterocycles. The molecule has 0 bridgehead atoms. The van der Waals surface area contributed by atoms with E-state index in [0.29, 0.717) is 42.5 Å². The Morgan fingerprint density at radius 3 is 2.69 bits per heavy atom. The van der Waals surface area contributed by atoms with Crippen molar-refractivity contribution in [2.24, 2.45) is 5.73 Å². The number of nitrogens with one attached hydrogen (secondary N) is 1. The second-order valence-corrected chi connectivity index (χ2v) is 10.7. The summed E-state index contributed by atoms with van der Waals surface area (Å²) in [6, 6.07) is 8.13. The highest BCUT2D eigenvalue weighted by Gasteiger charge is 2.27. The number of anilines is 1. The fraction of sp³-hybridized carbons (Fsp3) is 0.483. The second-order valence-electron chi connectivity index (χ2n) is 10.7. The minimum absolute atomic E-state index is 0.161. The fourth-order valence-corrected chi connectivity index (χ4v) is 5.36. The van der Waals surface area contributed by atoms with E-state index in [1.165, 1.54) is 6.39 Å². The molecule has 10 nitrogen and oxygen atoms in total. The number of aliphatic hydroxyl groups is 1. The average molecular weight is 535 g/mol. The van der Waals surface area contributed by atoms with Crippen LogP contribution < -0.4 is 20.7 Å². The molecule has 4 heterocycles. The Kier molecular flexibility index (Phi) is 8.15. The molecule has 1 aromatic carbocycles. The van der Waals surface area contributed by atoms with Gasteiger partial charge in [0.25, 0.3) is 0 Å². The Hall–Kier alpha value is -3.47. The molecule has 10 heteroatoms. The number of pyridine rings is 1. The molecular formula is C29H38N6O4. The number of carbonyl (C=O) groups excluding carboxylic acids is 1. The van der Waals surface area contributed by atoms with Gasteiger partial charge in [-0.2, -0.15) is 0 Å². The zero-order chi connectivity index (χ0) is 27.5. The summed E-state index contributed by atoms with van der Waals surface area (Å²) < 4.78 is 11.2. The van der Waals surface area contributed by atoms with Crippen LogP contribution in [0.2, 0.25) is 0 Å². The van der Waals surface area contributed by atoms with Crippen LogP contribution in [0, 0.1) is 6.92 Å². The van der Waals surface area contributed by atoms with Gasteiger partial charge in [-0.1, -0.05) is 6.07 Å². The number of nitrogens with two attached hydrogens (primary N) is 1. The van der Waals surface area contributed by atoms with E-state index in [1.54, 1.807) is 12.3 Å². The van der Waals surface area contributed by atoms with Crippen molar-refractivity contribution in [2.45, 2.75) is 65.0 Å². The third-order valence-electron chi connectivity index (χ3n) is 7.89. The quantitative estimate of drug-likeness (QED) is 0.378. The maximum atomic E-state index is 12.3. The first-order valence-corrected chi connectivity index (χ1v) is 13.6. The Labute approximate surface area is 229 Å². The third-order valence-corrected chi connectivity index (χ3v) is 7.89. The number of hydrogen-bond acceptors (Lipinski definition) is 9. The number of nitrogens with zero attached hydrogens (tertiary/aromatic N) is 4. The Morgan fingerprint density at radius 1 is 1.21 bits per heavy atom. The molecule has 0 saturated carbocycles. The van der Waals surface area contributed by atoms with Crippen LogP contribution in [0.5, 0.6) is 5.75 Å². The molecule has 2 aliphatic heterocycles. The number of carbonyl (C=O) groups is 1. The SMILES string of the molecule is Cc1ncoc1COc1ccc2c(c1)CN[C@H]([C@H](O)Cc1cnc(N3CCN(C(C)C)CC3)cc1C(N)=O)C2. The number of oxazole rings is 1. The summed E-state index contributed by atoms with van der Waals surface area (Å²) in [5, 5.41) is 14.6. The molecule has 2 aliphatic rings. The highest BCUT2D eigenvalue weighted by molar-refractivity contribution is 5.95. The zero-order valence-corrected chi connectivity index (χ0v) is 22.9. The highest BCUT2D eigenvalue weighted by atomic mass is 16.5. The van der Waals surface area contributed by atoms with Gasteiger partial charge in [-0.15, -0.1) is 0 Å². The van der Waals surface area contributed by atoms with E-state index in [1.807, 2.05) is 25.1 Å². The number of hydrogen-bond donors (Lipinski definition) is 3. The number of aryl methyl sites for hydroxylation is 1. The summed E-state index contributed by atoms with van der Waals surface area (Å²) in [7, 11) is 0. The van der Waals surface area contributed by atoms with Crippen LogP contribution in [-0.2, 0) is 26.0 Å². The number of fused-ring (bicyclic) bond motifs is 1. The molecule has 4 N–H and O–H groups in total. The molecular weight excluding hydrogens is 496 g/mol. The maximum Gasteiger partial charge on any atom is 0.249 e. The number of amides is 1. The van der Waals surface area contributed by atoms with Gasteiger partial charge >= 0.3 is 0 Å². The van der Waals surface area contributed by atoms with Crippen molar-refractivity contribution in [3.05, 3.63) is 70.6 Å². The lowest BCUT2D eigenvalue weighted by Gasteiger charge is -2.37. The lowest BCUT2D eigenvalue weighted by molar-refractivity contribution is 0.0995. The van der Waals surface area contributed by atoms with Crippen molar-refractivity contribution in [3.63, 3.8) is 0 Å². The van der Waals surface area contributed by atoms with Crippen LogP contribution in [0.1, 0.15) is 52.3 Å². The van der Waals surface area contributed by atoms with Gasteiger partial charge in [0.1, 0.15) is 18.2 Å². The number of aromatic nitrogens is 2. The molecule has 1 fully saturated rings. The number of piperazine rings is 1. The van der Waals surface area contributed by atoms with Crippen molar-refractivity contribution in [1.29, 1.82) is 0 Å². The second kappa shape index (κ2) is 11.7. The van der Waals surface area contributed by atoms with E-state index in [4.69, 9.17) is 14.9 Å². The largest absolute Gasteiger partial charge is 0.486 e. The van der Waals surface area contributed by atoms with Crippen molar-refractivity contribution in [2.75, 3.05) is 31.1 Å². The minimum atomic E-state index is -0.705. The first-order valence-electron chi connectivity index (χ1n) is 13.6. The van der Waals surface area contributed by atoms with Crippen LogP contribution >= 0.6 is 0 Å². The van der Waals surface area contributed by atoms with E-state index in [0.717, 1.165) is 54.6 Å². The Balaban J connectivity index is 1.21. The van der Waals surface area contributed by atoms with Crippen LogP contribution in [-0.4, -0.2) is 70.2 Å². The summed E-state index contributed by atoms with van der Waals surface area (Å²) in [5.41, 5.74) is 9.95. The molecule has 2 atom stereocenters. The first kappa shape index (κ1) is 27.1. The average Bonchev–Trinajstić information content (AvgIpc) is 3.36. The van der Waals surface area contributed by atoms with Crippen molar-refractivity contribution in [1.82, 2.24) is 20.2 Å². The Morgan fingerprint density at radius 2 is 2.00 bits per heavy atom. The summed E-state index contributed by atoms with van der Waals surface area (Å²) in [5.74, 6) is 1.72. The third kappa shape index (κ3) is 6.24. The van der Waals surface area contributed by atoms with E-state index in [2.05, 4.69) is 38.9 Å². The van der Waals surface area contributed by atoms with Crippen molar-refractivity contribution >= 4 is 11.7 Å². The molecule has 39 heavy (non-hydrogen) atoms. The maximum absolute atomic E-state index is 12.3. The van der Waals surface area contributed by atoms with E-state index in [-0.39, 0.29) is 12.5 Å². The lowest BCUT2D eigenvalue weighted by atomic mass is 9.90. The fourth-order valence-electron chi connectivity index (χ4n) is 5.36. The molecule has 0 spiro atoms. The van der Waals surface area contributed by atoms with Gasteiger partial charge < -0.3 is 30.2 Å². The standard InChI is InChI=1S/C29H38N6O4/c1-18(2)34-6-8-35(9-7-34)28-13-24(29(30)37)22(15-32-28)12-26(36)25-11-20-4-5-23(10-21(20)14-31-25)38-16-27-19(3)33-17-39-27/h4-5,10,13,15,17-18,25-26,31,36H,6-9,11-12,14,16H2,1-3H3,(H2,30,37)/t25-,26+/m0/s1. The van der Waals surface area contributed by atoms with Crippen molar-refractivity contribution < 1.29 is 19.1 Å². The molecule has 3 aromatic rings. The van der Waals surface area contributed by atoms with Crippen LogP contribution in [0.4, 0.5) is 5.82 Å². The van der Waals surface area contributed by atoms with Gasteiger partial charge in [0, 0.05) is 63.0 Å². The minimum Gasteiger partial charge on any atom is -0.486 e. The molecule has 0 radical (unpaired) electrons. The van der Waals surface area contributed by atoms with E-state index in [9.17, 15) is 9.90 Å². The van der Waals surface area contributed by atoms with Crippen molar-refractivity contribution in [3.8, 4) is 5.75 Å². The van der Waals surface area contributed by atoms with Crippen LogP contribution in [0.15, 0.2) is 41.3 Å². The summed E-state index contributed by atoms with van der Waals surface area (Å²) in [6.45, 7) is 10.8. The number of aliphatic hydroxyl groups excluding tert-OH is 1. The molecule has 5 rings (SSSR count). The van der Waals surface area contributed by atoms with Gasteiger partial charge in [0.05, 0.1) is 11.8 Å². The van der Waals surface area contributed by atoms with Gasteiger partial charge in [-0.25, -0.2) is 9.97 Å². The summed E-state index contributed by atoms with van der Waals surface area (Å²) in [4.78, 5) is 25.7. The normalized spacial score (nSPS) is 18.7. The van der Waals surface area contributed by atoms with Crippen LogP contribution in [0.25, 0.3) is 0 Å². The van der Waals surface area contributed by atoms with Gasteiger partial charge in [0.15, 0.2) is 12.2 Å². The molecule has 0 unspecified atom stereocenters. The topological polar surface area (TPSA) is 130 Å². The van der Waals surface area contributed by atoms with Crippen LogP contribution in [0.3, 0.4) is 0 Å².